The summed E-state index contributed by atoms with van der Waals surface area (Å²) >= 11 is 3.29. The summed E-state index contributed by atoms with van der Waals surface area (Å²) in [6, 6.07) is 16.1. The van der Waals surface area contributed by atoms with Crippen molar-refractivity contribution < 1.29 is 12.8 Å². The molecule has 2 aromatic heterocycles. The van der Waals surface area contributed by atoms with E-state index in [1.165, 1.54) is 24.3 Å². The van der Waals surface area contributed by atoms with Crippen molar-refractivity contribution in [2.75, 3.05) is 0 Å². The number of aromatic amines is 1. The molecule has 30 heavy (non-hydrogen) atoms. The summed E-state index contributed by atoms with van der Waals surface area (Å²) in [7, 11) is -3.73. The summed E-state index contributed by atoms with van der Waals surface area (Å²) < 4.78 is 42.0. The number of H-pyrrole nitrogens is 1. The molecule has 2 N–H and O–H groups in total. The van der Waals surface area contributed by atoms with E-state index in [1.54, 1.807) is 36.7 Å². The van der Waals surface area contributed by atoms with Crippen LogP contribution >= 0.6 is 15.9 Å². The van der Waals surface area contributed by atoms with Crippen LogP contribution in [-0.4, -0.2) is 23.6 Å². The van der Waals surface area contributed by atoms with Crippen LogP contribution in [0.4, 0.5) is 4.39 Å². The van der Waals surface area contributed by atoms with Gasteiger partial charge in [0.25, 0.3) is 0 Å². The number of rotatable bonds is 6. The molecule has 0 fully saturated rings. The van der Waals surface area contributed by atoms with E-state index in [1.807, 2.05) is 12.1 Å². The summed E-state index contributed by atoms with van der Waals surface area (Å²) in [4.78, 5) is 4.19. The van der Waals surface area contributed by atoms with Gasteiger partial charge < -0.3 is 0 Å². The Hall–Kier alpha value is -2.88. The zero-order valence-electron chi connectivity index (χ0n) is 15.5. The number of sulfonamides is 1. The second kappa shape index (κ2) is 8.47. The van der Waals surface area contributed by atoms with E-state index in [2.05, 4.69) is 35.8 Å². The molecule has 0 aliphatic carbocycles. The van der Waals surface area contributed by atoms with E-state index in [0.29, 0.717) is 21.4 Å². The summed E-state index contributed by atoms with van der Waals surface area (Å²) in [6.45, 7) is 0.000692. The molecule has 0 unspecified atom stereocenters. The largest absolute Gasteiger partial charge is 0.280 e. The molecule has 0 spiro atoms. The van der Waals surface area contributed by atoms with Gasteiger partial charge in [-0.1, -0.05) is 22.0 Å². The minimum atomic E-state index is -3.73. The van der Waals surface area contributed by atoms with Crippen LogP contribution in [0, 0.1) is 5.82 Å². The molecule has 0 saturated carbocycles. The topological polar surface area (TPSA) is 87.7 Å². The number of aromatic nitrogens is 3. The first-order valence-corrected chi connectivity index (χ1v) is 11.2. The molecule has 6 nitrogen and oxygen atoms in total. The average Bonchev–Trinajstić information content (AvgIpc) is 3.17. The van der Waals surface area contributed by atoms with Crippen LogP contribution in [0.2, 0.25) is 0 Å². The predicted molar refractivity (Wildman–Crippen MR) is 115 cm³/mol. The lowest BCUT2D eigenvalue weighted by atomic mass is 10.00. The molecule has 0 amide bonds. The van der Waals surface area contributed by atoms with Crippen LogP contribution < -0.4 is 4.72 Å². The van der Waals surface area contributed by atoms with Crippen molar-refractivity contribution in [1.29, 1.82) is 0 Å². The number of halogens is 2. The fourth-order valence-electron chi connectivity index (χ4n) is 3.04. The zero-order chi connectivity index (χ0) is 21.1. The second-order valence-electron chi connectivity index (χ2n) is 6.45. The lowest BCUT2D eigenvalue weighted by molar-refractivity contribution is 0.580. The molecular formula is C21H16BrFN4O2S. The van der Waals surface area contributed by atoms with Gasteiger partial charge in [0.05, 0.1) is 17.1 Å². The minimum absolute atomic E-state index is 0.000692. The van der Waals surface area contributed by atoms with E-state index in [4.69, 9.17) is 0 Å². The lowest BCUT2D eigenvalue weighted by Crippen LogP contribution is -2.23. The normalized spacial score (nSPS) is 11.5. The maximum absolute atomic E-state index is 13.4. The van der Waals surface area contributed by atoms with Gasteiger partial charge in [-0.3, -0.25) is 10.1 Å². The highest BCUT2D eigenvalue weighted by Gasteiger charge is 2.20. The van der Waals surface area contributed by atoms with Crippen molar-refractivity contribution in [3.8, 4) is 22.4 Å². The van der Waals surface area contributed by atoms with Crippen LogP contribution in [0.5, 0.6) is 0 Å². The van der Waals surface area contributed by atoms with Gasteiger partial charge in [0.15, 0.2) is 0 Å². The van der Waals surface area contributed by atoms with E-state index >= 15 is 0 Å². The third kappa shape index (κ3) is 4.33. The van der Waals surface area contributed by atoms with Crippen molar-refractivity contribution in [2.45, 2.75) is 11.4 Å². The van der Waals surface area contributed by atoms with Crippen LogP contribution in [0.15, 0.2) is 82.4 Å². The average molecular weight is 487 g/mol. The Morgan fingerprint density at radius 1 is 1.00 bits per heavy atom. The van der Waals surface area contributed by atoms with Crippen molar-refractivity contribution >= 4 is 26.0 Å². The van der Waals surface area contributed by atoms with Crippen LogP contribution in [0.25, 0.3) is 22.4 Å². The summed E-state index contributed by atoms with van der Waals surface area (Å²) in [5.41, 5.74) is 3.42. The number of nitrogens with zero attached hydrogens (tertiary/aromatic N) is 2. The summed E-state index contributed by atoms with van der Waals surface area (Å²) in [5, 5.41) is 7.29. The quantitative estimate of drug-likeness (QED) is 0.419. The Balaban J connectivity index is 1.71. The number of benzene rings is 2. The van der Waals surface area contributed by atoms with Crippen LogP contribution in [-0.2, 0) is 16.6 Å². The number of hydrogen-bond donors (Lipinski definition) is 2. The molecule has 0 aliphatic rings. The van der Waals surface area contributed by atoms with Gasteiger partial charge in [0.2, 0.25) is 10.0 Å². The Kier molecular flexibility index (Phi) is 5.76. The Labute approximate surface area is 181 Å². The fourth-order valence-corrected chi connectivity index (χ4v) is 4.63. The number of nitrogens with one attached hydrogen (secondary N) is 2. The number of pyridine rings is 1. The van der Waals surface area contributed by atoms with Crippen LogP contribution in [0.3, 0.4) is 0 Å². The Morgan fingerprint density at radius 2 is 1.73 bits per heavy atom. The van der Waals surface area contributed by atoms with Crippen molar-refractivity contribution in [1.82, 2.24) is 19.9 Å². The summed E-state index contributed by atoms with van der Waals surface area (Å²) in [6.07, 6.45) is 3.29. The fraction of sp³-hybridized carbons (Fsp3) is 0.0476. The third-order valence-electron chi connectivity index (χ3n) is 4.47. The monoisotopic (exact) mass is 486 g/mol. The Morgan fingerprint density at radius 3 is 2.43 bits per heavy atom. The molecule has 0 bridgehead atoms. The predicted octanol–water partition coefficient (Wildman–Crippen LogP) is 4.52. The molecule has 0 aliphatic heterocycles. The van der Waals surface area contributed by atoms with Gasteiger partial charge in [-0.25, -0.2) is 17.5 Å². The molecular weight excluding hydrogens is 471 g/mol. The molecule has 152 valence electrons. The van der Waals surface area contributed by atoms with Gasteiger partial charge >= 0.3 is 0 Å². The van der Waals surface area contributed by atoms with Crippen molar-refractivity contribution in [2.24, 2.45) is 0 Å². The maximum atomic E-state index is 13.4. The highest BCUT2D eigenvalue weighted by molar-refractivity contribution is 9.10. The number of hydrogen-bond acceptors (Lipinski definition) is 4. The lowest BCUT2D eigenvalue weighted by Gasteiger charge is -2.09. The van der Waals surface area contributed by atoms with Gasteiger partial charge in [-0.15, -0.1) is 0 Å². The second-order valence-corrected chi connectivity index (χ2v) is 9.13. The smallest absolute Gasteiger partial charge is 0.240 e. The molecule has 2 aromatic carbocycles. The molecule has 4 rings (SSSR count). The molecule has 0 saturated heterocycles. The van der Waals surface area contributed by atoms with E-state index in [-0.39, 0.29) is 17.3 Å². The van der Waals surface area contributed by atoms with Crippen LogP contribution in [0.1, 0.15) is 5.69 Å². The van der Waals surface area contributed by atoms with Gasteiger partial charge in [0.1, 0.15) is 11.5 Å². The first-order chi connectivity index (χ1) is 14.4. The maximum Gasteiger partial charge on any atom is 0.240 e. The first-order valence-electron chi connectivity index (χ1n) is 8.93. The van der Waals surface area contributed by atoms with Gasteiger partial charge in [-0.05, 0) is 60.2 Å². The summed E-state index contributed by atoms with van der Waals surface area (Å²) in [5.74, 6) is -0.346. The highest BCUT2D eigenvalue weighted by atomic mass is 79.9. The molecule has 2 heterocycles. The highest BCUT2D eigenvalue weighted by Crippen LogP contribution is 2.33. The molecule has 0 atom stereocenters. The SMILES string of the molecule is O=S(=O)(NCc1[nH]nc(-c2ccc(F)cc2)c1-c1ccncc1)c1cccc(Br)c1. The van der Waals surface area contributed by atoms with Crippen molar-refractivity contribution in [3.63, 3.8) is 0 Å². The van der Waals surface area contributed by atoms with Gasteiger partial charge in [-0.2, -0.15) is 5.10 Å². The Bertz CT molecular complexity index is 1280. The minimum Gasteiger partial charge on any atom is -0.280 e. The zero-order valence-corrected chi connectivity index (χ0v) is 17.9. The van der Waals surface area contributed by atoms with Crippen molar-refractivity contribution in [3.05, 3.63) is 89.0 Å². The van der Waals surface area contributed by atoms with E-state index in [9.17, 15) is 12.8 Å². The van der Waals surface area contributed by atoms with E-state index in [0.717, 1.165) is 11.1 Å². The standard InChI is InChI=1S/C21H16BrFN4O2S/c22-16-2-1-3-18(12-16)30(28,29)25-13-19-20(14-8-10-24-11-9-14)21(27-26-19)15-4-6-17(23)7-5-15/h1-12,25H,13H2,(H,26,27). The molecule has 0 radical (unpaired) electrons. The molecule has 4 aromatic rings. The third-order valence-corrected chi connectivity index (χ3v) is 6.37. The first kappa shape index (κ1) is 20.4. The molecule has 9 heteroatoms. The van der Waals surface area contributed by atoms with E-state index < -0.39 is 10.0 Å². The van der Waals surface area contributed by atoms with Gasteiger partial charge in [0, 0.05) is 28.0 Å².